The first kappa shape index (κ1) is 16.6. The maximum Gasteiger partial charge on any atom is 0.255 e. The minimum absolute atomic E-state index is 0.00286. The van der Waals surface area contributed by atoms with Crippen molar-refractivity contribution >= 4 is 23.2 Å². The van der Waals surface area contributed by atoms with Gasteiger partial charge in [-0.3, -0.25) is 4.79 Å². The number of amides is 1. The molecule has 0 bridgehead atoms. The molecular formula is C18H20ClN3O2. The Bertz CT molecular complexity index is 698. The molecule has 1 aromatic carbocycles. The first-order chi connectivity index (χ1) is 11.7. The summed E-state index contributed by atoms with van der Waals surface area (Å²) in [5.74, 6) is 0.888. The highest BCUT2D eigenvalue weighted by molar-refractivity contribution is 6.29. The zero-order chi connectivity index (χ0) is 16.9. The molecular weight excluding hydrogens is 326 g/mol. The van der Waals surface area contributed by atoms with Crippen LogP contribution in [0.25, 0.3) is 0 Å². The van der Waals surface area contributed by atoms with Crippen LogP contribution in [0.5, 0.6) is 5.75 Å². The van der Waals surface area contributed by atoms with Gasteiger partial charge in [-0.05, 0) is 31.2 Å². The third-order valence-corrected chi connectivity index (χ3v) is 4.27. The first-order valence-electron chi connectivity index (χ1n) is 8.06. The molecule has 1 aromatic heterocycles. The van der Waals surface area contributed by atoms with Crippen molar-refractivity contribution in [3.8, 4) is 5.75 Å². The summed E-state index contributed by atoms with van der Waals surface area (Å²) < 4.78 is 5.70. The van der Waals surface area contributed by atoms with E-state index in [9.17, 15) is 4.79 Å². The normalized spacial score (nSPS) is 14.6. The SMILES string of the molecule is CCOc1ccccc1N1CCN(C(=O)c2ccc(Cl)nc2)CC1. The summed E-state index contributed by atoms with van der Waals surface area (Å²) in [5, 5.41) is 0.393. The van der Waals surface area contributed by atoms with Gasteiger partial charge in [0.05, 0.1) is 17.9 Å². The highest BCUT2D eigenvalue weighted by Gasteiger charge is 2.23. The molecule has 0 radical (unpaired) electrons. The van der Waals surface area contributed by atoms with Gasteiger partial charge in [0.25, 0.3) is 5.91 Å². The number of benzene rings is 1. The van der Waals surface area contributed by atoms with Gasteiger partial charge >= 0.3 is 0 Å². The fourth-order valence-corrected chi connectivity index (χ4v) is 2.94. The number of carbonyl (C=O) groups excluding carboxylic acids is 1. The summed E-state index contributed by atoms with van der Waals surface area (Å²) in [5.41, 5.74) is 1.65. The molecule has 5 nitrogen and oxygen atoms in total. The molecule has 0 aliphatic carbocycles. The molecule has 1 amide bonds. The van der Waals surface area contributed by atoms with Crippen molar-refractivity contribution in [1.82, 2.24) is 9.88 Å². The number of ether oxygens (including phenoxy) is 1. The molecule has 1 saturated heterocycles. The van der Waals surface area contributed by atoms with E-state index < -0.39 is 0 Å². The lowest BCUT2D eigenvalue weighted by Gasteiger charge is -2.36. The lowest BCUT2D eigenvalue weighted by molar-refractivity contribution is 0.0746. The predicted octanol–water partition coefficient (Wildman–Crippen LogP) is 3.10. The predicted molar refractivity (Wildman–Crippen MR) is 95.0 cm³/mol. The Morgan fingerprint density at radius 2 is 1.92 bits per heavy atom. The van der Waals surface area contributed by atoms with Gasteiger partial charge in [-0.15, -0.1) is 0 Å². The van der Waals surface area contributed by atoms with Crippen LogP contribution in [0.2, 0.25) is 5.15 Å². The highest BCUT2D eigenvalue weighted by atomic mass is 35.5. The molecule has 1 aliphatic rings. The van der Waals surface area contributed by atoms with Crippen molar-refractivity contribution in [3.05, 3.63) is 53.3 Å². The van der Waals surface area contributed by atoms with Gasteiger partial charge in [0, 0.05) is 32.4 Å². The second-order valence-corrected chi connectivity index (χ2v) is 5.94. The molecule has 126 valence electrons. The van der Waals surface area contributed by atoms with Crippen LogP contribution in [-0.4, -0.2) is 48.6 Å². The maximum absolute atomic E-state index is 12.5. The lowest BCUT2D eigenvalue weighted by Crippen LogP contribution is -2.48. The van der Waals surface area contributed by atoms with Crippen LogP contribution in [-0.2, 0) is 0 Å². The van der Waals surface area contributed by atoms with Crippen LogP contribution < -0.4 is 9.64 Å². The van der Waals surface area contributed by atoms with Gasteiger partial charge in [-0.1, -0.05) is 23.7 Å². The average molecular weight is 346 g/mol. The molecule has 1 aliphatic heterocycles. The lowest BCUT2D eigenvalue weighted by atomic mass is 10.2. The zero-order valence-corrected chi connectivity index (χ0v) is 14.4. The van der Waals surface area contributed by atoms with Crippen LogP contribution in [0.15, 0.2) is 42.6 Å². The molecule has 0 atom stereocenters. The van der Waals surface area contributed by atoms with Gasteiger partial charge in [0.1, 0.15) is 10.9 Å². The van der Waals surface area contributed by atoms with Crippen LogP contribution in [0.4, 0.5) is 5.69 Å². The molecule has 6 heteroatoms. The number of pyridine rings is 1. The number of hydrogen-bond donors (Lipinski definition) is 0. The molecule has 0 N–H and O–H groups in total. The number of anilines is 1. The summed E-state index contributed by atoms with van der Waals surface area (Å²) in [7, 11) is 0. The zero-order valence-electron chi connectivity index (χ0n) is 13.6. The third kappa shape index (κ3) is 3.62. The Hall–Kier alpha value is -2.27. The average Bonchev–Trinajstić information content (AvgIpc) is 2.63. The number of carbonyl (C=O) groups is 1. The summed E-state index contributed by atoms with van der Waals surface area (Å²) in [6.45, 7) is 5.50. The van der Waals surface area contributed by atoms with Crippen LogP contribution in [0.3, 0.4) is 0 Å². The van der Waals surface area contributed by atoms with Gasteiger partial charge < -0.3 is 14.5 Å². The minimum atomic E-state index is -0.00286. The number of rotatable bonds is 4. The Labute approximate surface area is 146 Å². The molecule has 0 unspecified atom stereocenters. The van der Waals surface area contributed by atoms with E-state index in [0.29, 0.717) is 30.4 Å². The second-order valence-electron chi connectivity index (χ2n) is 5.55. The summed E-state index contributed by atoms with van der Waals surface area (Å²) in [4.78, 5) is 20.6. The second kappa shape index (κ2) is 7.53. The smallest absolute Gasteiger partial charge is 0.255 e. The van der Waals surface area contributed by atoms with Gasteiger partial charge in [-0.2, -0.15) is 0 Å². The van der Waals surface area contributed by atoms with E-state index >= 15 is 0 Å². The maximum atomic E-state index is 12.5. The van der Waals surface area contributed by atoms with Crippen molar-refractivity contribution in [2.75, 3.05) is 37.7 Å². The molecule has 0 saturated carbocycles. The molecule has 1 fully saturated rings. The standard InChI is InChI=1S/C18H20ClN3O2/c1-2-24-16-6-4-3-5-15(16)21-9-11-22(12-10-21)18(23)14-7-8-17(19)20-13-14/h3-8,13H,2,9-12H2,1H3. The molecule has 2 heterocycles. The minimum Gasteiger partial charge on any atom is -0.492 e. The fourth-order valence-electron chi connectivity index (χ4n) is 2.83. The summed E-state index contributed by atoms with van der Waals surface area (Å²) in [6, 6.07) is 11.4. The number of para-hydroxylation sites is 2. The van der Waals surface area contributed by atoms with E-state index in [1.54, 1.807) is 12.1 Å². The monoisotopic (exact) mass is 345 g/mol. The Morgan fingerprint density at radius 3 is 2.58 bits per heavy atom. The summed E-state index contributed by atoms with van der Waals surface area (Å²) >= 11 is 5.78. The fraction of sp³-hybridized carbons (Fsp3) is 0.333. The van der Waals surface area contributed by atoms with Crippen LogP contribution in [0.1, 0.15) is 17.3 Å². The molecule has 2 aromatic rings. The Kier molecular flexibility index (Phi) is 5.20. The summed E-state index contributed by atoms with van der Waals surface area (Å²) in [6.07, 6.45) is 1.53. The number of halogens is 1. The topological polar surface area (TPSA) is 45.7 Å². The Morgan fingerprint density at radius 1 is 1.17 bits per heavy atom. The number of nitrogens with zero attached hydrogens (tertiary/aromatic N) is 3. The van der Waals surface area contributed by atoms with Crippen molar-refractivity contribution in [2.24, 2.45) is 0 Å². The van der Waals surface area contributed by atoms with Crippen LogP contribution in [0, 0.1) is 0 Å². The highest BCUT2D eigenvalue weighted by Crippen LogP contribution is 2.29. The van der Waals surface area contributed by atoms with E-state index in [1.807, 2.05) is 30.0 Å². The van der Waals surface area contributed by atoms with Crippen molar-refractivity contribution < 1.29 is 9.53 Å². The molecule has 3 rings (SSSR count). The van der Waals surface area contributed by atoms with E-state index in [-0.39, 0.29) is 5.91 Å². The number of hydrogen-bond acceptors (Lipinski definition) is 4. The number of aromatic nitrogens is 1. The van der Waals surface area contributed by atoms with Crippen LogP contribution >= 0.6 is 11.6 Å². The van der Waals surface area contributed by atoms with E-state index in [0.717, 1.165) is 24.5 Å². The van der Waals surface area contributed by atoms with Gasteiger partial charge in [0.15, 0.2) is 0 Å². The van der Waals surface area contributed by atoms with Crippen molar-refractivity contribution in [2.45, 2.75) is 6.92 Å². The third-order valence-electron chi connectivity index (χ3n) is 4.05. The van der Waals surface area contributed by atoms with E-state index in [1.165, 1.54) is 6.20 Å². The van der Waals surface area contributed by atoms with E-state index in [4.69, 9.17) is 16.3 Å². The quantitative estimate of drug-likeness (QED) is 0.799. The van der Waals surface area contributed by atoms with E-state index in [2.05, 4.69) is 16.0 Å². The molecule has 24 heavy (non-hydrogen) atoms. The van der Waals surface area contributed by atoms with Gasteiger partial charge in [-0.25, -0.2) is 4.98 Å². The van der Waals surface area contributed by atoms with Crippen molar-refractivity contribution in [3.63, 3.8) is 0 Å². The van der Waals surface area contributed by atoms with Crippen molar-refractivity contribution in [1.29, 1.82) is 0 Å². The largest absolute Gasteiger partial charge is 0.492 e. The van der Waals surface area contributed by atoms with Gasteiger partial charge in [0.2, 0.25) is 0 Å². The Balaban J connectivity index is 1.65. The molecule has 0 spiro atoms. The first-order valence-corrected chi connectivity index (χ1v) is 8.44. The number of piperazine rings is 1.